The van der Waals surface area contributed by atoms with Crippen molar-refractivity contribution in [2.75, 3.05) is 26.3 Å². The molecule has 134 valence electrons. The molecule has 5 nitrogen and oxygen atoms in total. The van der Waals surface area contributed by atoms with Gasteiger partial charge in [-0.2, -0.15) is 0 Å². The topological polar surface area (TPSA) is 46.5 Å². The van der Waals surface area contributed by atoms with E-state index < -0.39 is 0 Å². The van der Waals surface area contributed by atoms with Crippen molar-refractivity contribution in [3.8, 4) is 0 Å². The molecule has 1 aromatic heterocycles. The van der Waals surface area contributed by atoms with Crippen molar-refractivity contribution in [1.82, 2.24) is 14.8 Å². The normalized spacial score (nSPS) is 24.7. The first-order valence-corrected chi connectivity index (χ1v) is 9.32. The van der Waals surface area contributed by atoms with Crippen LogP contribution in [0.5, 0.6) is 0 Å². The zero-order chi connectivity index (χ0) is 17.4. The van der Waals surface area contributed by atoms with Crippen molar-refractivity contribution in [1.29, 1.82) is 0 Å². The number of likely N-dealkylation sites (tertiary alicyclic amines) is 1. The first-order chi connectivity index (χ1) is 12.1. The molecule has 0 unspecified atom stereocenters. The van der Waals surface area contributed by atoms with Gasteiger partial charge in [-0.15, -0.1) is 0 Å². The molecule has 0 bridgehead atoms. The van der Waals surface area contributed by atoms with E-state index in [0.717, 1.165) is 30.6 Å². The van der Waals surface area contributed by atoms with E-state index in [0.29, 0.717) is 18.3 Å². The molecule has 2 atom stereocenters. The third-order valence-corrected chi connectivity index (χ3v) is 5.66. The summed E-state index contributed by atoms with van der Waals surface area (Å²) in [4.78, 5) is 15.4. The summed E-state index contributed by atoms with van der Waals surface area (Å²) in [5.41, 5.74) is 3.01. The molecule has 1 amide bonds. The lowest BCUT2D eigenvalue weighted by Gasteiger charge is -2.34. The maximum absolute atomic E-state index is 12.9. The van der Waals surface area contributed by atoms with Crippen LogP contribution in [0, 0.1) is 6.92 Å². The molecule has 0 spiro atoms. The highest BCUT2D eigenvalue weighted by molar-refractivity contribution is 5.99. The lowest BCUT2D eigenvalue weighted by molar-refractivity contribution is 0.0892. The van der Waals surface area contributed by atoms with Crippen molar-refractivity contribution in [2.24, 2.45) is 7.05 Å². The van der Waals surface area contributed by atoms with Crippen LogP contribution in [0.25, 0.3) is 10.9 Å². The number of nitrogens with one attached hydrogen (secondary N) is 1. The average Bonchev–Trinajstić information content (AvgIpc) is 3.20. The van der Waals surface area contributed by atoms with Gasteiger partial charge in [-0.05, 0) is 51.1 Å². The molecule has 2 aliphatic heterocycles. The number of fused-ring (bicyclic) bond motifs is 1. The minimum absolute atomic E-state index is 0.00568. The smallest absolute Gasteiger partial charge is 0.268 e. The van der Waals surface area contributed by atoms with Crippen molar-refractivity contribution in [3.63, 3.8) is 0 Å². The fraction of sp³-hybridized carbons (Fsp3) is 0.550. The summed E-state index contributed by atoms with van der Waals surface area (Å²) >= 11 is 0. The van der Waals surface area contributed by atoms with Crippen LogP contribution < -0.4 is 5.32 Å². The van der Waals surface area contributed by atoms with Gasteiger partial charge in [-0.3, -0.25) is 9.69 Å². The number of amides is 1. The summed E-state index contributed by atoms with van der Waals surface area (Å²) in [5.74, 6) is -0.00568. The molecule has 4 rings (SSSR count). The highest BCUT2D eigenvalue weighted by Gasteiger charge is 2.35. The molecular weight excluding hydrogens is 314 g/mol. The van der Waals surface area contributed by atoms with E-state index in [1.807, 2.05) is 17.7 Å². The van der Waals surface area contributed by atoms with E-state index in [1.165, 1.54) is 24.8 Å². The largest absolute Gasteiger partial charge is 0.378 e. The van der Waals surface area contributed by atoms with Crippen LogP contribution >= 0.6 is 0 Å². The Morgan fingerprint density at radius 3 is 2.76 bits per heavy atom. The van der Waals surface area contributed by atoms with Gasteiger partial charge in [0.15, 0.2) is 0 Å². The quantitative estimate of drug-likeness (QED) is 0.933. The predicted molar refractivity (Wildman–Crippen MR) is 98.9 cm³/mol. The van der Waals surface area contributed by atoms with Crippen LogP contribution in [0.3, 0.4) is 0 Å². The van der Waals surface area contributed by atoms with Gasteiger partial charge in [0.2, 0.25) is 0 Å². The van der Waals surface area contributed by atoms with E-state index in [4.69, 9.17) is 4.74 Å². The Kier molecular flexibility index (Phi) is 4.52. The second kappa shape index (κ2) is 6.81. The van der Waals surface area contributed by atoms with E-state index in [2.05, 4.69) is 35.3 Å². The summed E-state index contributed by atoms with van der Waals surface area (Å²) in [6.07, 6.45) is 3.82. The monoisotopic (exact) mass is 341 g/mol. The molecule has 2 fully saturated rings. The van der Waals surface area contributed by atoms with E-state index in [-0.39, 0.29) is 11.9 Å². The molecule has 5 heteroatoms. The molecule has 2 aromatic rings. The van der Waals surface area contributed by atoms with E-state index in [9.17, 15) is 4.79 Å². The Hall–Kier alpha value is -1.85. The number of piperidine rings is 1. The lowest BCUT2D eigenvalue weighted by Crippen LogP contribution is -2.52. The van der Waals surface area contributed by atoms with Crippen LogP contribution in [-0.4, -0.2) is 53.8 Å². The number of benzene rings is 1. The molecular formula is C20H27N3O2. The van der Waals surface area contributed by atoms with Gasteiger partial charge >= 0.3 is 0 Å². The number of carbonyl (C=O) groups excluding carboxylic acids is 1. The maximum Gasteiger partial charge on any atom is 0.268 e. The Bertz CT molecular complexity index is 777. The summed E-state index contributed by atoms with van der Waals surface area (Å²) in [6, 6.07) is 8.66. The minimum Gasteiger partial charge on any atom is -0.378 e. The minimum atomic E-state index is -0.00568. The number of carbonyl (C=O) groups is 1. The van der Waals surface area contributed by atoms with Crippen molar-refractivity contribution in [2.45, 2.75) is 38.3 Å². The van der Waals surface area contributed by atoms with Gasteiger partial charge in [0.25, 0.3) is 5.91 Å². The van der Waals surface area contributed by atoms with Gasteiger partial charge < -0.3 is 14.6 Å². The number of rotatable bonds is 3. The number of hydrogen-bond donors (Lipinski definition) is 1. The molecule has 0 saturated carbocycles. The highest BCUT2D eigenvalue weighted by atomic mass is 16.5. The van der Waals surface area contributed by atoms with Crippen LogP contribution in [0.1, 0.15) is 35.3 Å². The highest BCUT2D eigenvalue weighted by Crippen LogP contribution is 2.22. The van der Waals surface area contributed by atoms with Crippen LogP contribution in [0.4, 0.5) is 0 Å². The van der Waals surface area contributed by atoms with Gasteiger partial charge in [0.05, 0.1) is 25.3 Å². The fourth-order valence-corrected chi connectivity index (χ4v) is 4.22. The van der Waals surface area contributed by atoms with Gasteiger partial charge in [-0.25, -0.2) is 0 Å². The van der Waals surface area contributed by atoms with Crippen LogP contribution in [-0.2, 0) is 11.8 Å². The van der Waals surface area contributed by atoms with Crippen molar-refractivity contribution in [3.05, 3.63) is 35.5 Å². The summed E-state index contributed by atoms with van der Waals surface area (Å²) in [7, 11) is 1.96. The zero-order valence-electron chi connectivity index (χ0n) is 15.1. The Balaban J connectivity index is 1.52. The van der Waals surface area contributed by atoms with E-state index in [1.54, 1.807) is 0 Å². The van der Waals surface area contributed by atoms with Crippen molar-refractivity contribution >= 4 is 16.8 Å². The molecule has 2 saturated heterocycles. The van der Waals surface area contributed by atoms with Crippen molar-refractivity contribution < 1.29 is 9.53 Å². The third kappa shape index (κ3) is 3.18. The summed E-state index contributed by atoms with van der Waals surface area (Å²) < 4.78 is 7.68. The zero-order valence-corrected chi connectivity index (χ0v) is 15.1. The molecule has 0 aliphatic carbocycles. The van der Waals surface area contributed by atoms with Gasteiger partial charge in [0.1, 0.15) is 5.69 Å². The second-order valence-corrected chi connectivity index (χ2v) is 7.43. The van der Waals surface area contributed by atoms with Gasteiger partial charge in [0, 0.05) is 18.0 Å². The number of hydrogen-bond acceptors (Lipinski definition) is 3. The number of aromatic nitrogens is 1. The number of ether oxygens (including phenoxy) is 1. The SMILES string of the molecule is Cc1ccc2c(c1)cc(C(=O)N[C@H]1COC[C@@H]1N1CCCCC1)n2C. The van der Waals surface area contributed by atoms with Crippen LogP contribution in [0.2, 0.25) is 0 Å². The Morgan fingerprint density at radius 2 is 1.96 bits per heavy atom. The van der Waals surface area contributed by atoms with E-state index >= 15 is 0 Å². The van der Waals surface area contributed by atoms with Crippen LogP contribution in [0.15, 0.2) is 24.3 Å². The summed E-state index contributed by atoms with van der Waals surface area (Å²) in [5, 5.41) is 4.35. The predicted octanol–water partition coefficient (Wildman–Crippen LogP) is 2.47. The maximum atomic E-state index is 12.9. The molecule has 1 N–H and O–H groups in total. The number of nitrogens with zero attached hydrogens (tertiary/aromatic N) is 2. The first-order valence-electron chi connectivity index (χ1n) is 9.32. The first kappa shape index (κ1) is 16.6. The third-order valence-electron chi connectivity index (χ3n) is 5.66. The average molecular weight is 341 g/mol. The lowest BCUT2D eigenvalue weighted by atomic mass is 10.0. The summed E-state index contributed by atoms with van der Waals surface area (Å²) in [6.45, 7) is 5.64. The van der Waals surface area contributed by atoms with Gasteiger partial charge in [-0.1, -0.05) is 18.1 Å². The fourth-order valence-electron chi connectivity index (χ4n) is 4.22. The molecule has 0 radical (unpaired) electrons. The second-order valence-electron chi connectivity index (χ2n) is 7.43. The number of aryl methyl sites for hydroxylation is 2. The molecule has 2 aliphatic rings. The molecule has 1 aromatic carbocycles. The molecule has 3 heterocycles. The Labute approximate surface area is 148 Å². The standard InChI is InChI=1S/C20H27N3O2/c1-14-6-7-17-15(10-14)11-18(22(17)2)20(24)21-16-12-25-13-19(16)23-8-4-3-5-9-23/h6-7,10-11,16,19H,3-5,8-9,12-13H2,1-2H3,(H,21,24)/t16-,19-/m0/s1. The molecule has 25 heavy (non-hydrogen) atoms. The Morgan fingerprint density at radius 1 is 1.16 bits per heavy atom.